The first kappa shape index (κ1) is 16.3. The van der Waals surface area contributed by atoms with E-state index >= 15 is 0 Å². The first-order chi connectivity index (χ1) is 11.6. The van der Waals surface area contributed by atoms with Gasteiger partial charge in [-0.15, -0.1) is 0 Å². The van der Waals surface area contributed by atoms with Crippen LogP contribution in [0.5, 0.6) is 5.75 Å². The van der Waals surface area contributed by atoms with E-state index in [1.54, 1.807) is 24.9 Å². The number of carbonyl (C=O) groups is 1. The van der Waals surface area contributed by atoms with Gasteiger partial charge in [0.2, 0.25) is 0 Å². The molecule has 7 nitrogen and oxygen atoms in total. The van der Waals surface area contributed by atoms with Crippen LogP contribution in [-0.4, -0.2) is 39.3 Å². The standard InChI is InChI=1S/C17H21N3O4/c1-11-14(10-23-17(22)20(2)12-5-3-4-6-12)16(24-19-11)15-8-7-13(21)9-18-15/h7-9,12,21H,3-6,10H2,1-2H3. The van der Waals surface area contributed by atoms with Crippen molar-refractivity contribution < 1.29 is 19.2 Å². The summed E-state index contributed by atoms with van der Waals surface area (Å²) in [5.74, 6) is 0.518. The van der Waals surface area contributed by atoms with E-state index in [9.17, 15) is 9.90 Å². The summed E-state index contributed by atoms with van der Waals surface area (Å²) in [6, 6.07) is 3.41. The van der Waals surface area contributed by atoms with Crippen LogP contribution in [0.25, 0.3) is 11.5 Å². The molecule has 1 amide bonds. The van der Waals surface area contributed by atoms with Crippen molar-refractivity contribution in [2.24, 2.45) is 0 Å². The molecule has 128 valence electrons. The average Bonchev–Trinajstić information content (AvgIpc) is 3.23. The zero-order valence-electron chi connectivity index (χ0n) is 13.9. The molecule has 1 aliphatic carbocycles. The second kappa shape index (κ2) is 6.90. The summed E-state index contributed by atoms with van der Waals surface area (Å²) in [4.78, 5) is 18.0. The lowest BCUT2D eigenvalue weighted by molar-refractivity contribution is 0.0917. The molecule has 0 unspecified atom stereocenters. The van der Waals surface area contributed by atoms with E-state index in [4.69, 9.17) is 9.26 Å². The number of hydrogen-bond donors (Lipinski definition) is 1. The summed E-state index contributed by atoms with van der Waals surface area (Å²) in [7, 11) is 1.78. The predicted octanol–water partition coefficient (Wildman–Crippen LogP) is 3.26. The fourth-order valence-electron chi connectivity index (χ4n) is 2.96. The van der Waals surface area contributed by atoms with Crippen LogP contribution in [0.2, 0.25) is 0 Å². The number of aromatic nitrogens is 2. The van der Waals surface area contributed by atoms with Crippen LogP contribution in [0.4, 0.5) is 4.79 Å². The van der Waals surface area contributed by atoms with E-state index in [1.165, 1.54) is 12.3 Å². The van der Waals surface area contributed by atoms with Gasteiger partial charge in [-0.25, -0.2) is 9.78 Å². The molecule has 0 bridgehead atoms. The Bertz CT molecular complexity index is 705. The smallest absolute Gasteiger partial charge is 0.410 e. The van der Waals surface area contributed by atoms with E-state index in [2.05, 4.69) is 10.1 Å². The maximum Gasteiger partial charge on any atom is 0.410 e. The van der Waals surface area contributed by atoms with Gasteiger partial charge in [0.15, 0.2) is 5.76 Å². The highest BCUT2D eigenvalue weighted by molar-refractivity contribution is 5.68. The van der Waals surface area contributed by atoms with Gasteiger partial charge in [0.1, 0.15) is 18.1 Å². The Hall–Kier alpha value is -2.57. The summed E-state index contributed by atoms with van der Waals surface area (Å²) in [5, 5.41) is 13.3. The molecule has 0 aliphatic heterocycles. The fourth-order valence-corrected chi connectivity index (χ4v) is 2.96. The molecular formula is C17H21N3O4. The lowest BCUT2D eigenvalue weighted by Crippen LogP contribution is -2.35. The Morgan fingerprint density at radius 3 is 2.83 bits per heavy atom. The van der Waals surface area contributed by atoms with Crippen LogP contribution < -0.4 is 0 Å². The second-order valence-electron chi connectivity index (χ2n) is 6.08. The van der Waals surface area contributed by atoms with Crippen molar-refractivity contribution >= 4 is 6.09 Å². The van der Waals surface area contributed by atoms with E-state index in [-0.39, 0.29) is 24.5 Å². The minimum atomic E-state index is -0.341. The van der Waals surface area contributed by atoms with E-state index < -0.39 is 0 Å². The third kappa shape index (κ3) is 3.34. The molecular weight excluding hydrogens is 310 g/mol. The molecule has 0 saturated heterocycles. The zero-order chi connectivity index (χ0) is 17.1. The number of aryl methyl sites for hydroxylation is 1. The SMILES string of the molecule is Cc1noc(-c2ccc(O)cn2)c1COC(=O)N(C)C1CCCC1. The van der Waals surface area contributed by atoms with Crippen LogP contribution >= 0.6 is 0 Å². The first-order valence-electron chi connectivity index (χ1n) is 8.06. The van der Waals surface area contributed by atoms with Crippen molar-refractivity contribution in [2.45, 2.75) is 45.3 Å². The molecule has 24 heavy (non-hydrogen) atoms. The average molecular weight is 331 g/mol. The molecule has 3 rings (SSSR count). The molecule has 2 heterocycles. The summed E-state index contributed by atoms with van der Waals surface area (Å²) >= 11 is 0. The van der Waals surface area contributed by atoms with E-state index in [0.29, 0.717) is 22.7 Å². The van der Waals surface area contributed by atoms with Crippen LogP contribution in [-0.2, 0) is 11.3 Å². The molecule has 0 aromatic carbocycles. The van der Waals surface area contributed by atoms with Crippen LogP contribution in [0.1, 0.15) is 36.9 Å². The molecule has 2 aromatic rings. The van der Waals surface area contributed by atoms with Crippen LogP contribution in [0.15, 0.2) is 22.9 Å². The van der Waals surface area contributed by atoms with Crippen molar-refractivity contribution in [1.82, 2.24) is 15.0 Å². The highest BCUT2D eigenvalue weighted by atomic mass is 16.6. The molecule has 1 N–H and O–H groups in total. The van der Waals surface area contributed by atoms with Gasteiger partial charge in [-0.3, -0.25) is 0 Å². The number of carbonyl (C=O) groups excluding carboxylic acids is 1. The largest absolute Gasteiger partial charge is 0.506 e. The molecule has 0 atom stereocenters. The Labute approximate surface area is 140 Å². The van der Waals surface area contributed by atoms with Crippen LogP contribution in [0, 0.1) is 6.92 Å². The fraction of sp³-hybridized carbons (Fsp3) is 0.471. The predicted molar refractivity (Wildman–Crippen MR) is 86.3 cm³/mol. The molecule has 7 heteroatoms. The van der Waals surface area contributed by atoms with Gasteiger partial charge < -0.3 is 19.3 Å². The number of nitrogens with zero attached hydrogens (tertiary/aromatic N) is 3. The molecule has 2 aromatic heterocycles. The highest BCUT2D eigenvalue weighted by Gasteiger charge is 2.25. The zero-order valence-corrected chi connectivity index (χ0v) is 13.9. The quantitative estimate of drug-likeness (QED) is 0.925. The molecule has 1 aliphatic rings. The monoisotopic (exact) mass is 331 g/mol. The summed E-state index contributed by atoms with van der Waals surface area (Å²) in [5.41, 5.74) is 1.86. The van der Waals surface area contributed by atoms with Crippen molar-refractivity contribution in [3.05, 3.63) is 29.6 Å². The van der Waals surface area contributed by atoms with Crippen molar-refractivity contribution in [3.63, 3.8) is 0 Å². The number of rotatable bonds is 4. The third-order valence-electron chi connectivity index (χ3n) is 4.47. The topological polar surface area (TPSA) is 88.7 Å². The van der Waals surface area contributed by atoms with Gasteiger partial charge in [0, 0.05) is 13.1 Å². The summed E-state index contributed by atoms with van der Waals surface area (Å²) in [6.45, 7) is 1.86. The van der Waals surface area contributed by atoms with E-state index in [0.717, 1.165) is 25.7 Å². The lowest BCUT2D eigenvalue weighted by atomic mass is 10.1. The molecule has 1 saturated carbocycles. The maximum atomic E-state index is 12.2. The van der Waals surface area contributed by atoms with Crippen molar-refractivity contribution in [2.75, 3.05) is 7.05 Å². The van der Waals surface area contributed by atoms with Gasteiger partial charge in [-0.05, 0) is 31.9 Å². The third-order valence-corrected chi connectivity index (χ3v) is 4.47. The Morgan fingerprint density at radius 1 is 1.42 bits per heavy atom. The number of ether oxygens (including phenoxy) is 1. The first-order valence-corrected chi connectivity index (χ1v) is 8.06. The minimum absolute atomic E-state index is 0.0705. The number of aromatic hydroxyl groups is 1. The normalized spacial score (nSPS) is 14.8. The van der Waals surface area contributed by atoms with Crippen LogP contribution in [0.3, 0.4) is 0 Å². The highest BCUT2D eigenvalue weighted by Crippen LogP contribution is 2.27. The van der Waals surface area contributed by atoms with Gasteiger partial charge in [0.25, 0.3) is 0 Å². The van der Waals surface area contributed by atoms with Crippen molar-refractivity contribution in [3.8, 4) is 17.2 Å². The molecule has 0 radical (unpaired) electrons. The second-order valence-corrected chi connectivity index (χ2v) is 6.08. The van der Waals surface area contributed by atoms with Gasteiger partial charge >= 0.3 is 6.09 Å². The summed E-state index contributed by atoms with van der Waals surface area (Å²) in [6.07, 6.45) is 5.36. The number of amides is 1. The van der Waals surface area contributed by atoms with Crippen molar-refractivity contribution in [1.29, 1.82) is 0 Å². The minimum Gasteiger partial charge on any atom is -0.506 e. The summed E-state index contributed by atoms with van der Waals surface area (Å²) < 4.78 is 10.8. The number of hydrogen-bond acceptors (Lipinski definition) is 6. The Kier molecular flexibility index (Phi) is 4.69. The Morgan fingerprint density at radius 2 is 2.17 bits per heavy atom. The van der Waals surface area contributed by atoms with Gasteiger partial charge in [0.05, 0.1) is 17.5 Å². The molecule has 1 fully saturated rings. The maximum absolute atomic E-state index is 12.2. The number of pyridine rings is 1. The van der Waals surface area contributed by atoms with Gasteiger partial charge in [-0.1, -0.05) is 18.0 Å². The Balaban J connectivity index is 1.70. The van der Waals surface area contributed by atoms with E-state index in [1.807, 2.05) is 0 Å². The van der Waals surface area contributed by atoms with Gasteiger partial charge in [-0.2, -0.15) is 0 Å². The lowest BCUT2D eigenvalue weighted by Gasteiger charge is -2.23. The molecule has 0 spiro atoms.